The third-order valence-corrected chi connectivity index (χ3v) is 5.76. The summed E-state index contributed by atoms with van der Waals surface area (Å²) in [4.78, 5) is 10.1. The number of guanidine groups is 1. The van der Waals surface area contributed by atoms with Crippen molar-refractivity contribution in [2.75, 3.05) is 47.9 Å². The maximum atomic E-state index is 6.01. The van der Waals surface area contributed by atoms with E-state index in [4.69, 9.17) is 16.3 Å². The van der Waals surface area contributed by atoms with Gasteiger partial charge in [0.25, 0.3) is 0 Å². The lowest BCUT2D eigenvalue weighted by atomic mass is 9.88. The van der Waals surface area contributed by atoms with Gasteiger partial charge in [-0.1, -0.05) is 11.6 Å². The third-order valence-electron chi connectivity index (χ3n) is 4.54. The molecule has 1 fully saturated rings. The van der Waals surface area contributed by atoms with Gasteiger partial charge in [-0.15, -0.1) is 35.3 Å². The highest BCUT2D eigenvalue weighted by atomic mass is 127. The summed E-state index contributed by atoms with van der Waals surface area (Å²) >= 11 is 7.62. The summed E-state index contributed by atoms with van der Waals surface area (Å²) in [6.45, 7) is 3.31. The Bertz CT molecular complexity index is 532. The van der Waals surface area contributed by atoms with Gasteiger partial charge in [0, 0.05) is 44.3 Å². The summed E-state index contributed by atoms with van der Waals surface area (Å²) in [5.41, 5.74) is 0.126. The zero-order chi connectivity index (χ0) is 16.9. The smallest absolute Gasteiger partial charge is 0.193 e. The number of hydrogen-bond donors (Lipinski definition) is 1. The van der Waals surface area contributed by atoms with Crippen LogP contribution in [0.1, 0.15) is 17.7 Å². The summed E-state index contributed by atoms with van der Waals surface area (Å²) in [6.07, 6.45) is 2.07. The summed E-state index contributed by atoms with van der Waals surface area (Å²) in [5.74, 6) is 0.905. The van der Waals surface area contributed by atoms with Crippen molar-refractivity contribution >= 4 is 52.9 Å². The maximum Gasteiger partial charge on any atom is 0.193 e. The van der Waals surface area contributed by atoms with Gasteiger partial charge in [0.15, 0.2) is 5.96 Å². The normalized spacial score (nSPS) is 17.5. The van der Waals surface area contributed by atoms with E-state index >= 15 is 0 Å². The van der Waals surface area contributed by atoms with E-state index in [1.54, 1.807) is 11.3 Å². The summed E-state index contributed by atoms with van der Waals surface area (Å²) in [6, 6.07) is 4.01. The molecular weight excluding hydrogens is 459 g/mol. The van der Waals surface area contributed by atoms with Gasteiger partial charge in [0.2, 0.25) is 0 Å². The van der Waals surface area contributed by atoms with Crippen LogP contribution in [0.4, 0.5) is 0 Å². The molecule has 1 N–H and O–H groups in total. The highest BCUT2D eigenvalue weighted by Gasteiger charge is 2.35. The molecule has 0 saturated carbocycles. The highest BCUT2D eigenvalue weighted by Crippen LogP contribution is 2.25. The largest absolute Gasteiger partial charge is 0.381 e. The molecule has 1 saturated heterocycles. The molecule has 0 aliphatic carbocycles. The number of rotatable bonds is 5. The van der Waals surface area contributed by atoms with Crippen molar-refractivity contribution in [1.29, 1.82) is 0 Å². The Labute approximate surface area is 171 Å². The molecule has 1 aliphatic heterocycles. The van der Waals surface area contributed by atoms with E-state index in [0.29, 0.717) is 0 Å². The molecule has 138 valence electrons. The van der Waals surface area contributed by atoms with Crippen LogP contribution in [0.15, 0.2) is 17.1 Å². The molecule has 0 unspecified atom stereocenters. The molecule has 2 heterocycles. The van der Waals surface area contributed by atoms with Crippen LogP contribution in [0.2, 0.25) is 4.34 Å². The first kappa shape index (κ1) is 22.0. The molecule has 0 radical (unpaired) electrons. The van der Waals surface area contributed by atoms with Crippen LogP contribution in [0.3, 0.4) is 0 Å². The third kappa shape index (κ3) is 5.72. The number of nitrogens with one attached hydrogen (secondary N) is 1. The minimum atomic E-state index is 0. The van der Waals surface area contributed by atoms with Gasteiger partial charge in [0.05, 0.1) is 10.9 Å². The van der Waals surface area contributed by atoms with E-state index in [1.165, 1.54) is 4.88 Å². The van der Waals surface area contributed by atoms with E-state index in [1.807, 2.05) is 13.1 Å². The molecule has 1 aromatic rings. The zero-order valence-corrected chi connectivity index (χ0v) is 18.7. The predicted octanol–water partition coefficient (Wildman–Crippen LogP) is 3.14. The highest BCUT2D eigenvalue weighted by molar-refractivity contribution is 14.0. The van der Waals surface area contributed by atoms with Gasteiger partial charge in [0.1, 0.15) is 0 Å². The summed E-state index contributed by atoms with van der Waals surface area (Å²) in [5, 5.41) is 3.54. The van der Waals surface area contributed by atoms with Crippen LogP contribution in [0.25, 0.3) is 0 Å². The molecule has 1 aliphatic rings. The lowest BCUT2D eigenvalue weighted by Crippen LogP contribution is -2.57. The monoisotopic (exact) mass is 486 g/mol. The molecule has 8 heteroatoms. The first-order chi connectivity index (χ1) is 11.0. The van der Waals surface area contributed by atoms with Crippen LogP contribution < -0.4 is 5.32 Å². The minimum absolute atomic E-state index is 0. The van der Waals surface area contributed by atoms with Gasteiger partial charge in [-0.05, 0) is 39.1 Å². The fourth-order valence-electron chi connectivity index (χ4n) is 2.91. The standard InChI is InChI=1S/C16H27ClN4OS.HI/c1-18-15(21(4)11-13-5-6-14(17)23-13)19-12-16(20(2)3)7-9-22-10-8-16;/h5-6H,7-12H2,1-4H3,(H,18,19);1H. The van der Waals surface area contributed by atoms with Crippen LogP contribution >= 0.6 is 46.9 Å². The fraction of sp³-hybridized carbons (Fsp3) is 0.688. The molecule has 1 aromatic heterocycles. The number of thiophene rings is 1. The van der Waals surface area contributed by atoms with Gasteiger partial charge < -0.3 is 19.9 Å². The Morgan fingerprint density at radius 3 is 2.50 bits per heavy atom. The van der Waals surface area contributed by atoms with Crippen LogP contribution in [0.5, 0.6) is 0 Å². The van der Waals surface area contributed by atoms with E-state index in [2.05, 4.69) is 47.3 Å². The second-order valence-corrected chi connectivity index (χ2v) is 7.99. The van der Waals surface area contributed by atoms with Crippen LogP contribution in [-0.4, -0.2) is 69.2 Å². The van der Waals surface area contributed by atoms with E-state index in [-0.39, 0.29) is 29.5 Å². The van der Waals surface area contributed by atoms with Crippen molar-refractivity contribution in [3.05, 3.63) is 21.3 Å². The fourth-order valence-corrected chi connectivity index (χ4v) is 4.05. The maximum absolute atomic E-state index is 6.01. The van der Waals surface area contributed by atoms with E-state index < -0.39 is 0 Å². The summed E-state index contributed by atoms with van der Waals surface area (Å²) in [7, 11) is 8.17. The van der Waals surface area contributed by atoms with E-state index in [0.717, 1.165) is 49.4 Å². The second-order valence-electron chi connectivity index (χ2n) is 6.19. The van der Waals surface area contributed by atoms with Crippen molar-refractivity contribution in [2.45, 2.75) is 24.9 Å². The average molecular weight is 487 g/mol. The molecule has 0 spiro atoms. The van der Waals surface area contributed by atoms with Crippen LogP contribution in [0, 0.1) is 0 Å². The second kappa shape index (κ2) is 10.2. The lowest BCUT2D eigenvalue weighted by Gasteiger charge is -2.43. The van der Waals surface area contributed by atoms with E-state index in [9.17, 15) is 0 Å². The number of hydrogen-bond acceptors (Lipinski definition) is 4. The van der Waals surface area contributed by atoms with Crippen molar-refractivity contribution in [3.8, 4) is 0 Å². The first-order valence-electron chi connectivity index (χ1n) is 7.88. The van der Waals surface area contributed by atoms with Gasteiger partial charge in [-0.25, -0.2) is 0 Å². The number of aliphatic imine (C=N–C) groups is 1. The first-order valence-corrected chi connectivity index (χ1v) is 9.07. The number of ether oxygens (including phenoxy) is 1. The number of likely N-dealkylation sites (N-methyl/N-ethyl adjacent to an activating group) is 1. The summed E-state index contributed by atoms with van der Waals surface area (Å²) < 4.78 is 6.35. The Morgan fingerprint density at radius 2 is 2.00 bits per heavy atom. The quantitative estimate of drug-likeness (QED) is 0.394. The topological polar surface area (TPSA) is 40.1 Å². The Hall–Kier alpha value is -0.0900. The van der Waals surface area contributed by atoms with Crippen molar-refractivity contribution < 1.29 is 4.74 Å². The number of nitrogens with zero attached hydrogens (tertiary/aromatic N) is 3. The molecule has 2 rings (SSSR count). The van der Waals surface area contributed by atoms with Crippen molar-refractivity contribution in [1.82, 2.24) is 15.1 Å². The SMILES string of the molecule is CN=C(NCC1(N(C)C)CCOCC1)N(C)Cc1ccc(Cl)s1.I. The lowest BCUT2D eigenvalue weighted by molar-refractivity contribution is -0.00522. The van der Waals surface area contributed by atoms with Gasteiger partial charge >= 0.3 is 0 Å². The van der Waals surface area contributed by atoms with Crippen molar-refractivity contribution in [3.63, 3.8) is 0 Å². The molecule has 24 heavy (non-hydrogen) atoms. The molecule has 0 amide bonds. The van der Waals surface area contributed by atoms with Gasteiger partial charge in [-0.3, -0.25) is 4.99 Å². The molecule has 0 aromatic carbocycles. The van der Waals surface area contributed by atoms with Gasteiger partial charge in [-0.2, -0.15) is 0 Å². The van der Waals surface area contributed by atoms with Crippen LogP contribution in [-0.2, 0) is 11.3 Å². The molecule has 0 atom stereocenters. The van der Waals surface area contributed by atoms with Crippen molar-refractivity contribution in [2.24, 2.45) is 4.99 Å². The predicted molar refractivity (Wildman–Crippen MR) is 114 cm³/mol. The molecule has 5 nitrogen and oxygen atoms in total. The Morgan fingerprint density at radius 1 is 1.33 bits per heavy atom. The Kier molecular flexibility index (Phi) is 9.29. The minimum Gasteiger partial charge on any atom is -0.381 e. The molecular formula is C16H28ClIN4OS. The zero-order valence-electron chi connectivity index (χ0n) is 14.8. The average Bonchev–Trinajstić information content (AvgIpc) is 2.93. The Balaban J connectivity index is 0.00000288. The number of halogens is 2. The molecule has 0 bridgehead atoms.